The fraction of sp³-hybridized carbons (Fsp3) is 0.500. The summed E-state index contributed by atoms with van der Waals surface area (Å²) >= 11 is 9.43. The summed E-state index contributed by atoms with van der Waals surface area (Å²) in [5, 5.41) is 11.0. The first-order valence-corrected chi connectivity index (χ1v) is 8.28. The number of carbonyl (C=O) groups is 2. The van der Waals surface area contributed by atoms with E-state index < -0.39 is 15.6 Å². The van der Waals surface area contributed by atoms with Crippen LogP contribution in [0.5, 0.6) is 0 Å². The van der Waals surface area contributed by atoms with Gasteiger partial charge in [0.05, 0.1) is 16.1 Å². The second-order valence-electron chi connectivity index (χ2n) is 5.99. The van der Waals surface area contributed by atoms with Gasteiger partial charge in [-0.05, 0) is 39.8 Å². The van der Waals surface area contributed by atoms with Crippen LogP contribution in [0.1, 0.15) is 41.0 Å². The topological polar surface area (TPSA) is 83.6 Å². The molecule has 0 radical (unpaired) electrons. The molecule has 0 aliphatic rings. The highest BCUT2D eigenvalue weighted by molar-refractivity contribution is 9.10. The van der Waals surface area contributed by atoms with Crippen LogP contribution < -0.4 is 10.8 Å². The van der Waals surface area contributed by atoms with Crippen molar-refractivity contribution >= 4 is 45.0 Å². The van der Waals surface area contributed by atoms with Crippen molar-refractivity contribution in [3.63, 3.8) is 0 Å². The van der Waals surface area contributed by atoms with Crippen molar-refractivity contribution in [3.8, 4) is 0 Å². The largest absolute Gasteiger partial charge is 0.370 e. The molecular weight excluding hydrogens is 384 g/mol. The minimum Gasteiger partial charge on any atom is -0.370 e. The molecule has 0 heterocycles. The molecule has 7 heteroatoms. The van der Waals surface area contributed by atoms with Crippen LogP contribution in [0.4, 0.5) is 5.69 Å². The minimum absolute atomic E-state index is 0.245. The summed E-state index contributed by atoms with van der Waals surface area (Å²) in [7, 11) is 0. The lowest BCUT2D eigenvalue weighted by molar-refractivity contribution is -0.133. The summed E-state index contributed by atoms with van der Waals surface area (Å²) in [5.41, 5.74) is 4.15. The lowest BCUT2D eigenvalue weighted by Gasteiger charge is -2.37. The Bertz CT molecular complexity index is 557. The first-order valence-electron chi connectivity index (χ1n) is 7.11. The van der Waals surface area contributed by atoms with Crippen molar-refractivity contribution in [1.82, 2.24) is 0 Å². The molecular formula is C16H24BrClN2O3. The van der Waals surface area contributed by atoms with Gasteiger partial charge >= 0.3 is 0 Å². The third-order valence-electron chi connectivity index (χ3n) is 3.64. The number of hydroxylamine groups is 1. The number of primary amides is 1. The predicted octanol–water partition coefficient (Wildman–Crippen LogP) is 4.14. The minimum atomic E-state index is -0.791. The molecule has 3 N–H and O–H groups in total. The maximum Gasteiger partial charge on any atom is 0.257 e. The Morgan fingerprint density at radius 2 is 1.70 bits per heavy atom. The summed E-state index contributed by atoms with van der Waals surface area (Å²) in [4.78, 5) is 21.9. The first kappa shape index (κ1) is 21.9. The van der Waals surface area contributed by atoms with Crippen LogP contribution in [-0.4, -0.2) is 21.3 Å². The number of hydrogen-bond acceptors (Lipinski definition) is 3. The predicted molar refractivity (Wildman–Crippen MR) is 97.0 cm³/mol. The maximum absolute atomic E-state index is 12.4. The van der Waals surface area contributed by atoms with Crippen molar-refractivity contribution in [1.29, 1.82) is 0 Å². The van der Waals surface area contributed by atoms with Crippen LogP contribution in [0.25, 0.3) is 0 Å². The molecule has 0 aromatic heterocycles. The molecule has 0 aliphatic heterocycles. The monoisotopic (exact) mass is 406 g/mol. The van der Waals surface area contributed by atoms with Crippen molar-refractivity contribution in [3.05, 3.63) is 29.3 Å². The molecule has 0 unspecified atom stereocenters. The molecule has 0 spiro atoms. The molecule has 0 atom stereocenters. The third kappa shape index (κ3) is 6.12. The van der Waals surface area contributed by atoms with Crippen LogP contribution in [0.15, 0.2) is 24.3 Å². The number of amides is 2. The van der Waals surface area contributed by atoms with Gasteiger partial charge in [-0.3, -0.25) is 14.8 Å². The Hall–Kier alpha value is -1.11. The molecule has 0 saturated heterocycles. The number of carbonyl (C=O) groups excluding carboxylic acids is 2. The van der Waals surface area contributed by atoms with E-state index >= 15 is 0 Å². The van der Waals surface area contributed by atoms with Gasteiger partial charge in [-0.1, -0.05) is 46.6 Å². The average Bonchev–Trinajstić information content (AvgIpc) is 2.45. The fourth-order valence-corrected chi connectivity index (χ4v) is 1.64. The zero-order valence-corrected chi connectivity index (χ0v) is 16.4. The normalized spacial score (nSPS) is 11.3. The molecule has 5 nitrogen and oxygen atoms in total. The number of halogens is 2. The molecule has 0 bridgehead atoms. The molecule has 23 heavy (non-hydrogen) atoms. The number of benzene rings is 1. The van der Waals surface area contributed by atoms with E-state index in [1.807, 2.05) is 13.8 Å². The highest BCUT2D eigenvalue weighted by atomic mass is 79.9. The van der Waals surface area contributed by atoms with Gasteiger partial charge in [-0.15, -0.1) is 0 Å². The summed E-state index contributed by atoms with van der Waals surface area (Å²) in [5.74, 6) is -0.664. The van der Waals surface area contributed by atoms with E-state index in [2.05, 4.69) is 21.7 Å². The Balaban J connectivity index is 0.000000841. The van der Waals surface area contributed by atoms with E-state index in [9.17, 15) is 14.8 Å². The van der Waals surface area contributed by atoms with Crippen LogP contribution in [-0.2, 0) is 9.59 Å². The van der Waals surface area contributed by atoms with Crippen LogP contribution >= 0.6 is 27.5 Å². The van der Waals surface area contributed by atoms with Crippen molar-refractivity contribution in [2.45, 2.75) is 45.4 Å². The number of nitrogens with zero attached hydrogens (tertiary/aromatic N) is 1. The summed E-state index contributed by atoms with van der Waals surface area (Å²) in [6.45, 7) is 9.02. The van der Waals surface area contributed by atoms with Crippen molar-refractivity contribution in [2.24, 2.45) is 11.1 Å². The molecule has 0 saturated carbocycles. The number of rotatable bonds is 4. The third-order valence-corrected chi connectivity index (χ3v) is 4.95. The summed E-state index contributed by atoms with van der Waals surface area (Å²) < 4.78 is -0.459. The van der Waals surface area contributed by atoms with E-state index in [4.69, 9.17) is 11.6 Å². The van der Waals surface area contributed by atoms with Gasteiger partial charge in [0.2, 0.25) is 5.91 Å². The zero-order chi connectivity index (χ0) is 18.4. The Morgan fingerprint density at radius 3 is 2.04 bits per heavy atom. The quantitative estimate of drug-likeness (QED) is 0.447. The van der Waals surface area contributed by atoms with E-state index in [1.165, 1.54) is 0 Å². The van der Waals surface area contributed by atoms with Crippen LogP contribution in [0.2, 0.25) is 5.02 Å². The average molecular weight is 408 g/mol. The molecule has 0 fully saturated rings. The molecule has 0 aliphatic carbocycles. The van der Waals surface area contributed by atoms with Gasteiger partial charge in [-0.25, -0.2) is 0 Å². The number of nitrogens with two attached hydrogens (primary N) is 1. The highest BCUT2D eigenvalue weighted by Crippen LogP contribution is 2.40. The van der Waals surface area contributed by atoms with Gasteiger partial charge in [-0.2, -0.15) is 5.06 Å². The Kier molecular flexibility index (Phi) is 8.24. The van der Waals surface area contributed by atoms with E-state index in [1.54, 1.807) is 45.0 Å². The van der Waals surface area contributed by atoms with Crippen molar-refractivity contribution < 1.29 is 14.8 Å². The zero-order valence-electron chi connectivity index (χ0n) is 14.1. The fourth-order valence-electron chi connectivity index (χ4n) is 1.25. The number of alkyl halides is 1. The maximum atomic E-state index is 12.4. The molecule has 130 valence electrons. The number of anilines is 1. The second-order valence-corrected chi connectivity index (χ2v) is 8.38. The second kappa shape index (κ2) is 8.66. The van der Waals surface area contributed by atoms with Gasteiger partial charge in [0.25, 0.3) is 5.91 Å². The smallest absolute Gasteiger partial charge is 0.257 e. The van der Waals surface area contributed by atoms with Crippen LogP contribution in [0.3, 0.4) is 0 Å². The molecule has 1 aromatic rings. The lowest BCUT2D eigenvalue weighted by Crippen LogP contribution is -2.48. The van der Waals surface area contributed by atoms with E-state index in [-0.39, 0.29) is 11.6 Å². The molecule has 1 aromatic carbocycles. The van der Waals surface area contributed by atoms with Gasteiger partial charge in [0.1, 0.15) is 0 Å². The van der Waals surface area contributed by atoms with Gasteiger partial charge in [0.15, 0.2) is 0 Å². The SMILES string of the molecule is CC(C)(Br)C(C)(C)C(=O)N(O)c1ccccc1Cl.CCC(N)=O. The Morgan fingerprint density at radius 1 is 1.26 bits per heavy atom. The molecule has 1 rings (SSSR count). The van der Waals surface area contributed by atoms with Crippen molar-refractivity contribution in [2.75, 3.05) is 5.06 Å². The number of para-hydroxylation sites is 1. The van der Waals surface area contributed by atoms with Gasteiger partial charge < -0.3 is 5.73 Å². The lowest BCUT2D eigenvalue weighted by atomic mass is 9.80. The van der Waals surface area contributed by atoms with E-state index in [0.29, 0.717) is 16.5 Å². The number of hydrogen-bond donors (Lipinski definition) is 2. The standard InChI is InChI=1S/C13H17BrClNO2.C3H7NO/c1-12(2,13(3,4)14)11(17)16(18)10-8-6-5-7-9(10)15;1-2-3(4)5/h5-8,18H,1-4H3;2H2,1H3,(H2,4,5). The first-order chi connectivity index (χ1) is 10.4. The van der Waals surface area contributed by atoms with E-state index in [0.717, 1.165) is 0 Å². The summed E-state index contributed by atoms with van der Waals surface area (Å²) in [6.07, 6.45) is 0.444. The Labute approximate surface area is 150 Å². The summed E-state index contributed by atoms with van der Waals surface area (Å²) in [6, 6.07) is 6.67. The highest BCUT2D eigenvalue weighted by Gasteiger charge is 2.44. The molecule has 2 amide bonds. The van der Waals surface area contributed by atoms with Gasteiger partial charge in [0, 0.05) is 10.7 Å². The van der Waals surface area contributed by atoms with Crippen LogP contribution in [0, 0.1) is 5.41 Å².